The van der Waals surface area contributed by atoms with E-state index in [0.29, 0.717) is 16.5 Å². The van der Waals surface area contributed by atoms with Crippen LogP contribution >= 0.6 is 23.8 Å². The summed E-state index contributed by atoms with van der Waals surface area (Å²) >= 11 is 11.4. The van der Waals surface area contributed by atoms with Crippen LogP contribution in [0.5, 0.6) is 5.75 Å². The third-order valence-electron chi connectivity index (χ3n) is 3.69. The maximum atomic E-state index is 11.9. The third-order valence-corrected chi connectivity index (χ3v) is 4.19. The van der Waals surface area contributed by atoms with Gasteiger partial charge in [-0.05, 0) is 74.3 Å². The topological polar surface area (TPSA) is 62.4 Å². The standard InChI is InChI=1S/C19H22ClN3O2S/c1-11-5-6-13(3)16(9-11)25-10-17(24)22-23-19(26)21-18-14(4)7-12(2)8-15(18)20/h5-9H,10H2,1-4H3,(H,22,24)(H2,21,23,26). The molecule has 26 heavy (non-hydrogen) atoms. The molecule has 2 aromatic rings. The Labute approximate surface area is 164 Å². The summed E-state index contributed by atoms with van der Waals surface area (Å²) in [7, 11) is 0. The largest absolute Gasteiger partial charge is 0.483 e. The van der Waals surface area contributed by atoms with Crippen molar-refractivity contribution in [1.29, 1.82) is 0 Å². The van der Waals surface area contributed by atoms with Crippen molar-refractivity contribution in [2.45, 2.75) is 27.7 Å². The molecule has 7 heteroatoms. The normalized spacial score (nSPS) is 10.2. The highest BCUT2D eigenvalue weighted by molar-refractivity contribution is 7.80. The fraction of sp³-hybridized carbons (Fsp3) is 0.263. The SMILES string of the molecule is Cc1cc(C)c(NC(=S)NNC(=O)COc2cc(C)ccc2C)c(Cl)c1. The highest BCUT2D eigenvalue weighted by atomic mass is 35.5. The molecular formula is C19H22ClN3O2S. The molecule has 0 saturated carbocycles. The molecule has 2 aromatic carbocycles. The molecule has 0 heterocycles. The van der Waals surface area contributed by atoms with Crippen molar-refractivity contribution in [3.05, 3.63) is 57.6 Å². The van der Waals surface area contributed by atoms with Gasteiger partial charge in [-0.15, -0.1) is 0 Å². The first-order valence-electron chi connectivity index (χ1n) is 8.09. The van der Waals surface area contributed by atoms with Crippen molar-refractivity contribution < 1.29 is 9.53 Å². The fourth-order valence-electron chi connectivity index (χ4n) is 2.39. The minimum absolute atomic E-state index is 0.121. The predicted molar refractivity (Wildman–Crippen MR) is 110 cm³/mol. The third kappa shape index (κ3) is 5.61. The van der Waals surface area contributed by atoms with E-state index in [9.17, 15) is 4.79 Å². The van der Waals surface area contributed by atoms with Crippen LogP contribution < -0.4 is 20.9 Å². The molecule has 1 amide bonds. The van der Waals surface area contributed by atoms with Crippen LogP contribution in [0.4, 0.5) is 5.69 Å². The predicted octanol–water partition coefficient (Wildman–Crippen LogP) is 3.97. The van der Waals surface area contributed by atoms with E-state index in [1.807, 2.05) is 58.0 Å². The maximum absolute atomic E-state index is 11.9. The number of hydrogen-bond acceptors (Lipinski definition) is 3. The first kappa shape index (κ1) is 20.0. The van der Waals surface area contributed by atoms with E-state index < -0.39 is 0 Å². The van der Waals surface area contributed by atoms with Gasteiger partial charge in [0.15, 0.2) is 11.7 Å². The number of hydrazine groups is 1. The number of benzene rings is 2. The number of hydrogen-bond donors (Lipinski definition) is 3. The zero-order valence-electron chi connectivity index (χ0n) is 15.2. The Morgan fingerprint density at radius 3 is 2.46 bits per heavy atom. The van der Waals surface area contributed by atoms with Crippen molar-refractivity contribution in [2.24, 2.45) is 0 Å². The number of thiocarbonyl (C=S) groups is 1. The molecule has 3 N–H and O–H groups in total. The van der Waals surface area contributed by atoms with Gasteiger partial charge in [-0.2, -0.15) is 0 Å². The van der Waals surface area contributed by atoms with Crippen molar-refractivity contribution in [1.82, 2.24) is 10.9 Å². The summed E-state index contributed by atoms with van der Waals surface area (Å²) in [5.41, 5.74) is 9.91. The molecule has 5 nitrogen and oxygen atoms in total. The molecule has 0 aliphatic rings. The molecule has 0 fully saturated rings. The number of nitrogens with one attached hydrogen (secondary N) is 3. The Bertz CT molecular complexity index is 817. The quantitative estimate of drug-likeness (QED) is 0.543. The van der Waals surface area contributed by atoms with Crippen molar-refractivity contribution in [2.75, 3.05) is 11.9 Å². The van der Waals surface area contributed by atoms with Crippen molar-refractivity contribution >= 4 is 40.5 Å². The lowest BCUT2D eigenvalue weighted by Crippen LogP contribution is -2.45. The Kier molecular flexibility index (Phi) is 6.83. The highest BCUT2D eigenvalue weighted by Crippen LogP contribution is 2.27. The summed E-state index contributed by atoms with van der Waals surface area (Å²) < 4.78 is 5.54. The van der Waals surface area contributed by atoms with E-state index in [-0.39, 0.29) is 17.6 Å². The van der Waals surface area contributed by atoms with Gasteiger partial charge in [0.2, 0.25) is 0 Å². The van der Waals surface area contributed by atoms with Crippen molar-refractivity contribution in [3.8, 4) is 5.75 Å². The Balaban J connectivity index is 1.84. The second kappa shape index (κ2) is 8.87. The van der Waals surface area contributed by atoms with E-state index in [2.05, 4.69) is 16.2 Å². The molecule has 138 valence electrons. The Morgan fingerprint density at radius 1 is 1.04 bits per heavy atom. The number of halogens is 1. The smallest absolute Gasteiger partial charge is 0.276 e. The number of anilines is 1. The van der Waals surface area contributed by atoms with Gasteiger partial charge >= 0.3 is 0 Å². The number of aryl methyl sites for hydroxylation is 4. The van der Waals surface area contributed by atoms with Crippen LogP contribution in [0.3, 0.4) is 0 Å². The Hall–Kier alpha value is -2.31. The zero-order valence-corrected chi connectivity index (χ0v) is 16.8. The van der Waals surface area contributed by atoms with Gasteiger partial charge in [-0.1, -0.05) is 29.8 Å². The van der Waals surface area contributed by atoms with E-state index in [4.69, 9.17) is 28.6 Å². The van der Waals surface area contributed by atoms with Gasteiger partial charge < -0.3 is 10.1 Å². The zero-order chi connectivity index (χ0) is 19.3. The van der Waals surface area contributed by atoms with Gasteiger partial charge in [-0.25, -0.2) is 0 Å². The lowest BCUT2D eigenvalue weighted by atomic mass is 10.1. The van der Waals surface area contributed by atoms with Gasteiger partial charge in [0.25, 0.3) is 5.91 Å². The molecule has 0 spiro atoms. The van der Waals surface area contributed by atoms with E-state index in [1.165, 1.54) is 0 Å². The second-order valence-corrected chi connectivity index (χ2v) is 6.94. The van der Waals surface area contributed by atoms with Crippen LogP contribution in [0, 0.1) is 27.7 Å². The van der Waals surface area contributed by atoms with Crippen molar-refractivity contribution in [3.63, 3.8) is 0 Å². The summed E-state index contributed by atoms with van der Waals surface area (Å²) in [5.74, 6) is 0.338. The molecular weight excluding hydrogens is 370 g/mol. The van der Waals surface area contributed by atoms with Gasteiger partial charge in [0.1, 0.15) is 5.75 Å². The minimum atomic E-state index is -0.346. The monoisotopic (exact) mass is 391 g/mol. The molecule has 0 unspecified atom stereocenters. The Morgan fingerprint density at radius 2 is 1.77 bits per heavy atom. The highest BCUT2D eigenvalue weighted by Gasteiger charge is 2.09. The number of carbonyl (C=O) groups is 1. The summed E-state index contributed by atoms with van der Waals surface area (Å²) in [5, 5.41) is 3.79. The van der Waals surface area contributed by atoms with Crippen LogP contribution in [0.1, 0.15) is 22.3 Å². The lowest BCUT2D eigenvalue weighted by molar-refractivity contribution is -0.123. The maximum Gasteiger partial charge on any atom is 0.276 e. The van der Waals surface area contributed by atoms with Gasteiger partial charge in [-0.3, -0.25) is 15.6 Å². The number of rotatable bonds is 4. The van der Waals surface area contributed by atoms with Gasteiger partial charge in [0.05, 0.1) is 10.7 Å². The lowest BCUT2D eigenvalue weighted by Gasteiger charge is -2.15. The molecule has 0 radical (unpaired) electrons. The molecule has 0 atom stereocenters. The average molecular weight is 392 g/mol. The van der Waals surface area contributed by atoms with E-state index >= 15 is 0 Å². The molecule has 0 aliphatic carbocycles. The molecule has 0 saturated heterocycles. The summed E-state index contributed by atoms with van der Waals surface area (Å²) in [4.78, 5) is 11.9. The average Bonchev–Trinajstić information content (AvgIpc) is 2.57. The second-order valence-electron chi connectivity index (χ2n) is 6.12. The molecule has 0 bridgehead atoms. The van der Waals surface area contributed by atoms with Crippen LogP contribution in [-0.4, -0.2) is 17.6 Å². The molecule has 0 aromatic heterocycles. The first-order valence-corrected chi connectivity index (χ1v) is 8.87. The number of amides is 1. The van der Waals surface area contributed by atoms with Crippen LogP contribution in [-0.2, 0) is 4.79 Å². The number of carbonyl (C=O) groups excluding carboxylic acids is 1. The summed E-state index contributed by atoms with van der Waals surface area (Å²) in [6.45, 7) is 7.67. The van der Waals surface area contributed by atoms with Crippen LogP contribution in [0.15, 0.2) is 30.3 Å². The van der Waals surface area contributed by atoms with E-state index in [1.54, 1.807) is 0 Å². The first-order chi connectivity index (χ1) is 12.3. The van der Waals surface area contributed by atoms with Crippen LogP contribution in [0.25, 0.3) is 0 Å². The fourth-order valence-corrected chi connectivity index (χ4v) is 2.91. The van der Waals surface area contributed by atoms with E-state index in [0.717, 1.165) is 22.3 Å². The van der Waals surface area contributed by atoms with Crippen LogP contribution in [0.2, 0.25) is 5.02 Å². The number of ether oxygens (including phenoxy) is 1. The van der Waals surface area contributed by atoms with Gasteiger partial charge in [0, 0.05) is 0 Å². The minimum Gasteiger partial charge on any atom is -0.483 e. The molecule has 2 rings (SSSR count). The summed E-state index contributed by atoms with van der Waals surface area (Å²) in [6, 6.07) is 9.67. The molecule has 0 aliphatic heterocycles. The summed E-state index contributed by atoms with van der Waals surface area (Å²) in [6.07, 6.45) is 0.